The average molecular weight is 314 g/mol. The molecule has 0 saturated carbocycles. The van der Waals surface area contributed by atoms with Crippen LogP contribution in [-0.2, 0) is 21.9 Å². The summed E-state index contributed by atoms with van der Waals surface area (Å²) in [7, 11) is -1.32. The molecule has 1 atom stereocenters. The Kier molecular flexibility index (Phi) is 3.64. The van der Waals surface area contributed by atoms with Crippen molar-refractivity contribution in [2.45, 2.75) is 17.9 Å². The van der Waals surface area contributed by atoms with Gasteiger partial charge in [0, 0.05) is 20.2 Å². The highest BCUT2D eigenvalue weighted by molar-refractivity contribution is 7.89. The van der Waals surface area contributed by atoms with Crippen molar-refractivity contribution in [3.05, 3.63) is 28.7 Å². The summed E-state index contributed by atoms with van der Waals surface area (Å²) < 4.78 is 31.6. The molecule has 0 aliphatic carbocycles. The molecule has 114 valence electrons. The number of nitrogens with zero attached hydrogens (tertiary/aromatic N) is 2. The van der Waals surface area contributed by atoms with Gasteiger partial charge in [-0.15, -0.1) is 0 Å². The van der Waals surface area contributed by atoms with Crippen LogP contribution < -0.4 is 5.76 Å². The Labute approximate surface area is 120 Å². The number of benzene rings is 1. The first-order valence-electron chi connectivity index (χ1n) is 5.96. The summed E-state index contributed by atoms with van der Waals surface area (Å²) in [6.45, 7) is 1.26. The number of aryl methyl sites for hydroxylation is 1. The van der Waals surface area contributed by atoms with E-state index in [1.54, 1.807) is 0 Å². The summed E-state index contributed by atoms with van der Waals surface area (Å²) in [5, 5.41) is 8.90. The number of fused-ring (bicyclic) bond motifs is 1. The Balaban J connectivity index is 2.55. The molecule has 1 aromatic carbocycles. The SMILES string of the molecule is CC(C(=O)O)N(C)S(=O)(=O)c1ccc2c(c1)oc(=O)n2C. The van der Waals surface area contributed by atoms with E-state index >= 15 is 0 Å². The van der Waals surface area contributed by atoms with E-state index in [0.717, 1.165) is 4.31 Å². The third kappa shape index (κ3) is 2.45. The van der Waals surface area contributed by atoms with Gasteiger partial charge in [-0.2, -0.15) is 4.31 Å². The Morgan fingerprint density at radius 3 is 2.62 bits per heavy atom. The van der Waals surface area contributed by atoms with E-state index in [-0.39, 0.29) is 10.5 Å². The fourth-order valence-corrected chi connectivity index (χ4v) is 3.14. The fourth-order valence-electron chi connectivity index (χ4n) is 1.80. The molecule has 0 aliphatic rings. The van der Waals surface area contributed by atoms with Crippen molar-refractivity contribution < 1.29 is 22.7 Å². The molecule has 1 aromatic heterocycles. The molecule has 0 radical (unpaired) electrons. The summed E-state index contributed by atoms with van der Waals surface area (Å²) >= 11 is 0. The summed E-state index contributed by atoms with van der Waals surface area (Å²) in [6, 6.07) is 2.73. The number of aromatic nitrogens is 1. The van der Waals surface area contributed by atoms with Crippen LogP contribution in [0.3, 0.4) is 0 Å². The number of oxazole rings is 1. The van der Waals surface area contributed by atoms with Gasteiger partial charge in [0.2, 0.25) is 10.0 Å². The Hall–Kier alpha value is -2.13. The predicted octanol–water partition coefficient (Wildman–Crippen LogP) is 0.225. The van der Waals surface area contributed by atoms with Gasteiger partial charge in [-0.05, 0) is 19.1 Å². The molecular formula is C12H14N2O6S. The lowest BCUT2D eigenvalue weighted by atomic mass is 10.3. The van der Waals surface area contributed by atoms with E-state index in [1.807, 2.05) is 0 Å². The zero-order valence-electron chi connectivity index (χ0n) is 11.6. The topological polar surface area (TPSA) is 110 Å². The number of likely N-dealkylation sites (N-methyl/N-ethyl adjacent to an activating group) is 1. The van der Waals surface area contributed by atoms with Crippen LogP contribution in [-0.4, -0.2) is 41.5 Å². The Morgan fingerprint density at radius 1 is 1.43 bits per heavy atom. The van der Waals surface area contributed by atoms with Crippen LogP contribution in [0, 0.1) is 0 Å². The summed E-state index contributed by atoms with van der Waals surface area (Å²) in [5.41, 5.74) is 0.577. The van der Waals surface area contributed by atoms with Crippen LogP contribution in [0.25, 0.3) is 11.1 Å². The first kappa shape index (κ1) is 15.3. The van der Waals surface area contributed by atoms with Gasteiger partial charge in [0.05, 0.1) is 10.4 Å². The molecule has 8 nitrogen and oxygen atoms in total. The lowest BCUT2D eigenvalue weighted by Gasteiger charge is -2.20. The first-order chi connectivity index (χ1) is 9.66. The summed E-state index contributed by atoms with van der Waals surface area (Å²) in [6.07, 6.45) is 0. The lowest BCUT2D eigenvalue weighted by molar-refractivity contribution is -0.140. The van der Waals surface area contributed by atoms with E-state index in [0.29, 0.717) is 5.52 Å². The van der Waals surface area contributed by atoms with Crippen LogP contribution in [0.5, 0.6) is 0 Å². The van der Waals surface area contributed by atoms with Crippen molar-refractivity contribution in [2.75, 3.05) is 7.05 Å². The highest BCUT2D eigenvalue weighted by Gasteiger charge is 2.30. The molecule has 0 amide bonds. The normalized spacial score (nSPS) is 13.7. The summed E-state index contributed by atoms with van der Waals surface area (Å²) in [4.78, 5) is 22.2. The van der Waals surface area contributed by atoms with E-state index < -0.39 is 27.8 Å². The molecular weight excluding hydrogens is 300 g/mol. The van der Waals surface area contributed by atoms with Gasteiger partial charge >= 0.3 is 11.7 Å². The molecule has 0 spiro atoms. The third-order valence-corrected chi connectivity index (χ3v) is 5.27. The molecule has 1 heterocycles. The molecule has 0 saturated heterocycles. The molecule has 2 rings (SSSR count). The van der Waals surface area contributed by atoms with Crippen molar-refractivity contribution in [2.24, 2.45) is 7.05 Å². The van der Waals surface area contributed by atoms with Gasteiger partial charge < -0.3 is 9.52 Å². The van der Waals surface area contributed by atoms with Crippen molar-refractivity contribution >= 4 is 27.1 Å². The van der Waals surface area contributed by atoms with Gasteiger partial charge in [-0.1, -0.05) is 0 Å². The molecule has 0 aliphatic heterocycles. The number of sulfonamides is 1. The molecule has 0 fully saturated rings. The van der Waals surface area contributed by atoms with Crippen LogP contribution >= 0.6 is 0 Å². The van der Waals surface area contributed by atoms with Gasteiger partial charge in [0.25, 0.3) is 0 Å². The number of aliphatic carboxylic acids is 1. The van der Waals surface area contributed by atoms with E-state index in [2.05, 4.69) is 0 Å². The maximum Gasteiger partial charge on any atom is 0.419 e. The standard InChI is InChI=1S/C12H14N2O6S/c1-7(11(15)16)14(3)21(18,19)8-4-5-9-10(6-8)20-12(17)13(9)2/h4-7H,1-3H3,(H,15,16). The van der Waals surface area contributed by atoms with Crippen molar-refractivity contribution in [3.63, 3.8) is 0 Å². The molecule has 2 aromatic rings. The van der Waals surface area contributed by atoms with Crippen LogP contribution in [0.15, 0.2) is 32.3 Å². The monoisotopic (exact) mass is 314 g/mol. The van der Waals surface area contributed by atoms with Gasteiger partial charge in [-0.3, -0.25) is 9.36 Å². The van der Waals surface area contributed by atoms with Gasteiger partial charge in [0.15, 0.2) is 5.58 Å². The second-order valence-corrected chi connectivity index (χ2v) is 6.59. The largest absolute Gasteiger partial charge is 0.480 e. The second-order valence-electron chi connectivity index (χ2n) is 4.59. The highest BCUT2D eigenvalue weighted by atomic mass is 32.2. The zero-order valence-corrected chi connectivity index (χ0v) is 12.4. The number of carbonyl (C=O) groups is 1. The van der Waals surface area contributed by atoms with Crippen molar-refractivity contribution in [1.29, 1.82) is 0 Å². The minimum Gasteiger partial charge on any atom is -0.480 e. The zero-order chi connectivity index (χ0) is 15.9. The predicted molar refractivity (Wildman–Crippen MR) is 73.5 cm³/mol. The lowest BCUT2D eigenvalue weighted by Crippen LogP contribution is -2.40. The minimum atomic E-state index is -4.00. The number of carboxylic acid groups (broad SMARTS) is 1. The molecule has 1 N–H and O–H groups in total. The Morgan fingerprint density at radius 2 is 2.05 bits per heavy atom. The maximum absolute atomic E-state index is 12.3. The number of hydrogen-bond acceptors (Lipinski definition) is 5. The third-order valence-electron chi connectivity index (χ3n) is 3.34. The second kappa shape index (κ2) is 5.01. The summed E-state index contributed by atoms with van der Waals surface area (Å²) in [5.74, 6) is -1.86. The number of carboxylic acids is 1. The smallest absolute Gasteiger partial charge is 0.419 e. The highest BCUT2D eigenvalue weighted by Crippen LogP contribution is 2.21. The van der Waals surface area contributed by atoms with E-state index in [1.165, 1.54) is 43.8 Å². The number of rotatable bonds is 4. The first-order valence-corrected chi connectivity index (χ1v) is 7.40. The number of hydrogen-bond donors (Lipinski definition) is 1. The van der Waals surface area contributed by atoms with Crippen LogP contribution in [0.2, 0.25) is 0 Å². The minimum absolute atomic E-state index is 0.125. The van der Waals surface area contributed by atoms with Gasteiger partial charge in [-0.25, -0.2) is 13.2 Å². The average Bonchev–Trinajstić information content (AvgIpc) is 2.71. The molecule has 1 unspecified atom stereocenters. The molecule has 0 bridgehead atoms. The van der Waals surface area contributed by atoms with Crippen molar-refractivity contribution in [3.8, 4) is 0 Å². The quantitative estimate of drug-likeness (QED) is 0.864. The fraction of sp³-hybridized carbons (Fsp3) is 0.333. The van der Waals surface area contributed by atoms with E-state index in [9.17, 15) is 18.0 Å². The Bertz CT molecular complexity index is 863. The maximum atomic E-state index is 12.3. The van der Waals surface area contributed by atoms with Crippen LogP contribution in [0.4, 0.5) is 0 Å². The molecule has 21 heavy (non-hydrogen) atoms. The van der Waals surface area contributed by atoms with Gasteiger partial charge in [0.1, 0.15) is 6.04 Å². The van der Waals surface area contributed by atoms with Crippen molar-refractivity contribution in [1.82, 2.24) is 8.87 Å². The molecule has 9 heteroatoms. The van der Waals surface area contributed by atoms with E-state index in [4.69, 9.17) is 9.52 Å². The van der Waals surface area contributed by atoms with Crippen LogP contribution in [0.1, 0.15) is 6.92 Å².